The van der Waals surface area contributed by atoms with Crippen molar-refractivity contribution < 1.29 is 23.1 Å². The second-order valence-electron chi connectivity index (χ2n) is 14.3. The van der Waals surface area contributed by atoms with Crippen molar-refractivity contribution in [3.63, 3.8) is 0 Å². The SMILES string of the molecule is CC1(C)OC[C@H]2[C@](C)(CO[Si](C)(C)C(C)(C)C)[C@@H](O[Si](C)(C)C(C)(C)C)C[C@H]3OC[C@]32O1. The summed E-state index contributed by atoms with van der Waals surface area (Å²) in [6.07, 6.45) is 0.979. The molecule has 5 nitrogen and oxygen atoms in total. The first kappa shape index (κ1) is 26.8. The van der Waals surface area contributed by atoms with Gasteiger partial charge in [-0.1, -0.05) is 48.5 Å². The van der Waals surface area contributed by atoms with Crippen LogP contribution >= 0.6 is 0 Å². The first-order valence-corrected chi connectivity index (χ1v) is 18.3. The Bertz CT molecular complexity index is 708. The molecule has 188 valence electrons. The van der Waals surface area contributed by atoms with Crippen molar-refractivity contribution >= 4 is 16.6 Å². The Labute approximate surface area is 199 Å². The van der Waals surface area contributed by atoms with Crippen molar-refractivity contribution in [3.8, 4) is 0 Å². The van der Waals surface area contributed by atoms with Gasteiger partial charge in [-0.05, 0) is 50.1 Å². The van der Waals surface area contributed by atoms with Gasteiger partial charge in [0.1, 0.15) is 5.60 Å². The lowest BCUT2D eigenvalue weighted by atomic mass is 9.56. The zero-order chi connectivity index (χ0) is 24.6. The van der Waals surface area contributed by atoms with E-state index >= 15 is 0 Å². The molecule has 0 radical (unpaired) electrons. The molecule has 0 amide bonds. The quantitative estimate of drug-likeness (QED) is 0.424. The van der Waals surface area contributed by atoms with Gasteiger partial charge < -0.3 is 23.1 Å². The Morgan fingerprint density at radius 3 is 1.94 bits per heavy atom. The molecule has 0 aromatic carbocycles. The second-order valence-corrected chi connectivity index (χ2v) is 23.8. The summed E-state index contributed by atoms with van der Waals surface area (Å²) < 4.78 is 33.1. The molecule has 32 heavy (non-hydrogen) atoms. The van der Waals surface area contributed by atoms with Crippen LogP contribution in [0.2, 0.25) is 36.3 Å². The van der Waals surface area contributed by atoms with E-state index in [1.165, 1.54) is 0 Å². The maximum atomic E-state index is 7.14. The molecule has 5 atom stereocenters. The fraction of sp³-hybridized carbons (Fsp3) is 1.00. The Balaban J connectivity index is 1.98. The minimum Gasteiger partial charge on any atom is -0.416 e. The van der Waals surface area contributed by atoms with Crippen molar-refractivity contribution in [2.45, 2.75) is 129 Å². The van der Waals surface area contributed by atoms with Crippen molar-refractivity contribution in [3.05, 3.63) is 0 Å². The number of hydrogen-bond acceptors (Lipinski definition) is 5. The number of ether oxygens (including phenoxy) is 3. The van der Waals surface area contributed by atoms with E-state index in [1.54, 1.807) is 0 Å². The first-order valence-electron chi connectivity index (χ1n) is 12.4. The van der Waals surface area contributed by atoms with Gasteiger partial charge in [-0.25, -0.2) is 0 Å². The molecule has 0 aromatic rings. The number of hydrogen-bond donors (Lipinski definition) is 0. The maximum absolute atomic E-state index is 7.14. The van der Waals surface area contributed by atoms with E-state index in [0.717, 1.165) is 6.42 Å². The molecule has 1 saturated carbocycles. The summed E-state index contributed by atoms with van der Waals surface area (Å²) >= 11 is 0. The van der Waals surface area contributed by atoms with Crippen LogP contribution in [0.15, 0.2) is 0 Å². The van der Waals surface area contributed by atoms with Crippen molar-refractivity contribution in [1.29, 1.82) is 0 Å². The third-order valence-electron chi connectivity index (χ3n) is 9.43. The highest BCUT2D eigenvalue weighted by Crippen LogP contribution is 2.59. The third-order valence-corrected chi connectivity index (χ3v) is 18.4. The van der Waals surface area contributed by atoms with Crippen LogP contribution < -0.4 is 0 Å². The summed E-state index contributed by atoms with van der Waals surface area (Å²) in [5, 5.41) is 0.305. The van der Waals surface area contributed by atoms with E-state index < -0.39 is 22.4 Å². The van der Waals surface area contributed by atoms with Crippen LogP contribution in [0.5, 0.6) is 0 Å². The summed E-state index contributed by atoms with van der Waals surface area (Å²) in [4.78, 5) is 0. The van der Waals surface area contributed by atoms with E-state index in [4.69, 9.17) is 23.1 Å². The van der Waals surface area contributed by atoms with Crippen LogP contribution in [-0.2, 0) is 23.1 Å². The average Bonchev–Trinajstić information content (AvgIpc) is 2.58. The van der Waals surface area contributed by atoms with Crippen LogP contribution in [0.4, 0.5) is 0 Å². The lowest BCUT2D eigenvalue weighted by Gasteiger charge is -2.67. The molecule has 7 heteroatoms. The first-order chi connectivity index (χ1) is 14.2. The summed E-state index contributed by atoms with van der Waals surface area (Å²) in [6.45, 7) is 31.6. The van der Waals surface area contributed by atoms with Crippen LogP contribution in [0, 0.1) is 11.3 Å². The normalized spacial score (nSPS) is 38.0. The van der Waals surface area contributed by atoms with E-state index in [9.17, 15) is 0 Å². The predicted molar refractivity (Wildman–Crippen MR) is 135 cm³/mol. The van der Waals surface area contributed by atoms with E-state index in [1.807, 2.05) is 13.8 Å². The molecule has 2 aliphatic heterocycles. The highest BCUT2D eigenvalue weighted by atomic mass is 28.4. The monoisotopic (exact) mass is 486 g/mol. The zero-order valence-corrected chi connectivity index (χ0v) is 25.1. The van der Waals surface area contributed by atoms with Gasteiger partial charge in [0.05, 0.1) is 25.4 Å². The van der Waals surface area contributed by atoms with Crippen molar-refractivity contribution in [2.24, 2.45) is 11.3 Å². The molecule has 0 N–H and O–H groups in total. The van der Waals surface area contributed by atoms with E-state index in [0.29, 0.717) is 19.8 Å². The maximum Gasteiger partial charge on any atom is 0.192 e. The fourth-order valence-electron chi connectivity index (χ4n) is 4.93. The van der Waals surface area contributed by atoms with Gasteiger partial charge in [-0.15, -0.1) is 0 Å². The number of rotatable bonds is 5. The molecule has 2 saturated heterocycles. The van der Waals surface area contributed by atoms with Crippen LogP contribution in [0.25, 0.3) is 0 Å². The van der Waals surface area contributed by atoms with Gasteiger partial charge in [0.15, 0.2) is 22.4 Å². The predicted octanol–water partition coefficient (Wildman–Crippen LogP) is 6.35. The molecule has 1 aliphatic carbocycles. The Morgan fingerprint density at radius 2 is 1.47 bits per heavy atom. The molecule has 1 spiro atoms. The molecular weight excluding hydrogens is 436 g/mol. The Morgan fingerprint density at radius 1 is 0.906 bits per heavy atom. The highest BCUT2D eigenvalue weighted by Gasteiger charge is 2.70. The van der Waals surface area contributed by atoms with Gasteiger partial charge >= 0.3 is 0 Å². The lowest BCUT2D eigenvalue weighted by molar-refractivity contribution is -0.434. The van der Waals surface area contributed by atoms with Gasteiger partial charge in [0, 0.05) is 24.4 Å². The topological polar surface area (TPSA) is 46.2 Å². The molecule has 0 bridgehead atoms. The molecular formula is C25H50O5Si2. The van der Waals surface area contributed by atoms with Crippen molar-refractivity contribution in [2.75, 3.05) is 19.8 Å². The minimum atomic E-state index is -1.99. The van der Waals surface area contributed by atoms with Crippen LogP contribution in [0.1, 0.15) is 68.7 Å². The molecule has 0 aromatic heterocycles. The van der Waals surface area contributed by atoms with Gasteiger partial charge in [0.25, 0.3) is 0 Å². The summed E-state index contributed by atoms with van der Waals surface area (Å²) in [5.41, 5.74) is -0.512. The van der Waals surface area contributed by atoms with E-state index in [2.05, 4.69) is 74.7 Å². The highest BCUT2D eigenvalue weighted by molar-refractivity contribution is 6.74. The average molecular weight is 487 g/mol. The molecule has 0 unspecified atom stereocenters. The zero-order valence-electron chi connectivity index (χ0n) is 23.1. The third kappa shape index (κ3) is 4.45. The van der Waals surface area contributed by atoms with Gasteiger partial charge in [0.2, 0.25) is 0 Å². The summed E-state index contributed by atoms with van der Waals surface area (Å²) in [7, 11) is -3.91. The fourth-order valence-corrected chi connectivity index (χ4v) is 7.47. The standard InChI is InChI=1S/C25H50O5Si2/c1-21(2,3)31(10,11)28-16-24(9)18-15-27-23(7,8)30-25(18)17-26-20(25)14-19(24)29-32(12,13)22(4,5)6/h18-20H,14-17H2,1-13H3/t18-,19-,20+,24-,25+/m0/s1. The molecule has 3 aliphatic rings. The summed E-state index contributed by atoms with van der Waals surface area (Å²) in [5.74, 6) is -0.414. The smallest absolute Gasteiger partial charge is 0.192 e. The second kappa shape index (κ2) is 7.87. The molecule has 3 rings (SSSR count). The Kier molecular flexibility index (Phi) is 6.60. The lowest BCUT2D eigenvalue weighted by Crippen LogP contribution is -2.78. The van der Waals surface area contributed by atoms with Crippen LogP contribution in [-0.4, -0.2) is 60.1 Å². The Hall–Kier alpha value is 0.234. The largest absolute Gasteiger partial charge is 0.416 e. The summed E-state index contributed by atoms with van der Waals surface area (Å²) in [6, 6.07) is 0. The van der Waals surface area contributed by atoms with Crippen molar-refractivity contribution in [1.82, 2.24) is 0 Å². The van der Waals surface area contributed by atoms with Crippen LogP contribution in [0.3, 0.4) is 0 Å². The minimum absolute atomic E-state index is 0.0602. The van der Waals surface area contributed by atoms with Gasteiger partial charge in [-0.2, -0.15) is 0 Å². The van der Waals surface area contributed by atoms with E-state index in [-0.39, 0.29) is 39.2 Å². The molecule has 2 heterocycles. The molecule has 3 fully saturated rings. The van der Waals surface area contributed by atoms with Gasteiger partial charge in [-0.3, -0.25) is 0 Å².